The summed E-state index contributed by atoms with van der Waals surface area (Å²) in [6.07, 6.45) is 2.10. The molecular weight excluding hydrogens is 494 g/mol. The number of likely N-dealkylation sites (N-methyl/N-ethyl adjacent to an activating group) is 1. The van der Waals surface area contributed by atoms with E-state index >= 15 is 0 Å². The van der Waals surface area contributed by atoms with Crippen molar-refractivity contribution in [3.05, 3.63) is 65.4 Å². The van der Waals surface area contributed by atoms with Crippen LogP contribution in [0.4, 0.5) is 5.69 Å². The van der Waals surface area contributed by atoms with Crippen molar-refractivity contribution in [1.82, 2.24) is 29.3 Å². The number of aliphatic hydroxyl groups is 1. The number of nitrogens with zero attached hydrogens (tertiary/aromatic N) is 6. The number of aryl methyl sites for hydroxylation is 2. The van der Waals surface area contributed by atoms with Crippen LogP contribution in [-0.4, -0.2) is 85.8 Å². The van der Waals surface area contributed by atoms with Crippen molar-refractivity contribution in [1.29, 1.82) is 0 Å². The van der Waals surface area contributed by atoms with Crippen molar-refractivity contribution in [2.24, 2.45) is 7.05 Å². The van der Waals surface area contributed by atoms with Crippen LogP contribution in [0, 0.1) is 6.92 Å². The monoisotopic (exact) mass is 531 g/mol. The molecule has 3 heterocycles. The molecular formula is C29H37N7O3. The zero-order valence-electron chi connectivity index (χ0n) is 23.4. The third kappa shape index (κ3) is 6.35. The first-order valence-electron chi connectivity index (χ1n) is 13.0. The molecule has 4 rings (SSSR count). The second-order valence-corrected chi connectivity index (χ2v) is 10.1. The number of aromatic nitrogens is 4. The molecule has 3 aromatic heterocycles. The number of rotatable bonds is 10. The Morgan fingerprint density at radius 3 is 2.54 bits per heavy atom. The maximum atomic E-state index is 13.7. The second kappa shape index (κ2) is 11.8. The van der Waals surface area contributed by atoms with Gasteiger partial charge in [0, 0.05) is 39.0 Å². The first-order chi connectivity index (χ1) is 18.6. The number of fused-ring (bicyclic) bond motifs is 1. The van der Waals surface area contributed by atoms with Crippen LogP contribution in [-0.2, 0) is 20.0 Å². The van der Waals surface area contributed by atoms with Crippen molar-refractivity contribution < 1.29 is 15.0 Å². The Labute approximate surface area is 229 Å². The normalized spacial score (nSPS) is 12.2. The highest BCUT2D eigenvalue weighted by atomic mass is 16.3. The number of nitrogens with one attached hydrogen (secondary N) is 1. The molecule has 39 heavy (non-hydrogen) atoms. The minimum absolute atomic E-state index is 0.0637. The minimum Gasteiger partial charge on any atom is -0.508 e. The molecule has 0 bridgehead atoms. The summed E-state index contributed by atoms with van der Waals surface area (Å²) in [7, 11) is 7.54. The summed E-state index contributed by atoms with van der Waals surface area (Å²) in [5, 5.41) is 24.2. The number of phenolic OH excluding ortho intramolecular Hbond substituents is 1. The Hall–Kier alpha value is -4.02. The van der Waals surface area contributed by atoms with Crippen LogP contribution in [0.15, 0.2) is 42.6 Å². The maximum absolute atomic E-state index is 13.7. The molecule has 10 nitrogen and oxygen atoms in total. The van der Waals surface area contributed by atoms with Gasteiger partial charge in [0.1, 0.15) is 11.6 Å². The quantitative estimate of drug-likeness (QED) is 0.285. The number of benzene rings is 1. The highest BCUT2D eigenvalue weighted by Gasteiger charge is 2.20. The first-order valence-corrected chi connectivity index (χ1v) is 13.0. The molecule has 1 aromatic carbocycles. The molecule has 4 aromatic rings. The van der Waals surface area contributed by atoms with Crippen molar-refractivity contribution >= 4 is 22.5 Å². The Bertz CT molecular complexity index is 1480. The molecule has 0 radical (unpaired) electrons. The van der Waals surface area contributed by atoms with E-state index in [1.165, 1.54) is 0 Å². The van der Waals surface area contributed by atoms with Gasteiger partial charge >= 0.3 is 0 Å². The average Bonchev–Trinajstić information content (AvgIpc) is 3.25. The number of amides is 1. The van der Waals surface area contributed by atoms with E-state index in [0.717, 1.165) is 29.3 Å². The Kier molecular flexibility index (Phi) is 8.47. The highest BCUT2D eigenvalue weighted by Crippen LogP contribution is 2.29. The van der Waals surface area contributed by atoms with Crippen molar-refractivity contribution in [3.8, 4) is 17.1 Å². The molecule has 3 N–H and O–H groups in total. The molecule has 0 aliphatic carbocycles. The number of hydrogen-bond donors (Lipinski definition) is 3. The fourth-order valence-electron chi connectivity index (χ4n) is 4.61. The van der Waals surface area contributed by atoms with Gasteiger partial charge < -0.3 is 29.9 Å². The van der Waals surface area contributed by atoms with Crippen molar-refractivity contribution in [3.63, 3.8) is 0 Å². The molecule has 10 heteroatoms. The van der Waals surface area contributed by atoms with Crippen LogP contribution < -0.4 is 5.32 Å². The SMILES string of the molecule is CCc1ncc(CN(C)C(=O)c2cc(-c3ccc(NCC(O)CN(C)C)c(C)n3)nc3ccc(O)cc23)n1C. The lowest BCUT2D eigenvalue weighted by molar-refractivity contribution is 0.0784. The zero-order chi connectivity index (χ0) is 28.3. The summed E-state index contributed by atoms with van der Waals surface area (Å²) in [5.41, 5.74) is 4.70. The Balaban J connectivity index is 1.65. The molecule has 1 unspecified atom stereocenters. The number of phenols is 1. The third-order valence-corrected chi connectivity index (χ3v) is 6.72. The van der Waals surface area contributed by atoms with Gasteiger partial charge in [-0.1, -0.05) is 6.92 Å². The second-order valence-electron chi connectivity index (χ2n) is 10.1. The lowest BCUT2D eigenvalue weighted by Crippen LogP contribution is -2.31. The van der Waals surface area contributed by atoms with Gasteiger partial charge in [0.25, 0.3) is 5.91 Å². The number of carbonyl (C=O) groups is 1. The highest BCUT2D eigenvalue weighted by molar-refractivity contribution is 6.07. The molecule has 206 valence electrons. The predicted octanol–water partition coefficient (Wildman–Crippen LogP) is 3.21. The summed E-state index contributed by atoms with van der Waals surface area (Å²) in [5.74, 6) is 0.825. The molecule has 1 atom stereocenters. The van der Waals surface area contributed by atoms with Gasteiger partial charge in [-0.2, -0.15) is 0 Å². The molecule has 0 saturated heterocycles. The number of pyridine rings is 2. The summed E-state index contributed by atoms with van der Waals surface area (Å²) < 4.78 is 2.01. The lowest BCUT2D eigenvalue weighted by atomic mass is 10.0. The zero-order valence-corrected chi connectivity index (χ0v) is 23.4. The molecule has 0 fully saturated rings. The van der Waals surface area contributed by atoms with Crippen LogP contribution in [0.3, 0.4) is 0 Å². The fourth-order valence-corrected chi connectivity index (χ4v) is 4.61. The number of imidazole rings is 1. The van der Waals surface area contributed by atoms with E-state index in [4.69, 9.17) is 9.97 Å². The standard InChI is InChI=1S/C29H37N7O3/c1-7-28-31-14-19(36(28)6)16-35(5)29(39)23-13-27(33-25-9-8-20(37)12-22(23)25)26-11-10-24(18(2)32-26)30-15-21(38)17-34(3)4/h8-14,21,30,37-38H,7,15-17H2,1-6H3. The van der Waals surface area contributed by atoms with Gasteiger partial charge in [0.15, 0.2) is 0 Å². The van der Waals surface area contributed by atoms with Gasteiger partial charge in [-0.25, -0.2) is 15.0 Å². The van der Waals surface area contributed by atoms with Crippen LogP contribution in [0.1, 0.15) is 34.5 Å². The Morgan fingerprint density at radius 2 is 1.87 bits per heavy atom. The van der Waals surface area contributed by atoms with Gasteiger partial charge in [-0.05, 0) is 57.4 Å². The molecule has 0 aliphatic rings. The smallest absolute Gasteiger partial charge is 0.254 e. The van der Waals surface area contributed by atoms with E-state index in [-0.39, 0.29) is 11.7 Å². The van der Waals surface area contributed by atoms with Gasteiger partial charge in [-0.15, -0.1) is 0 Å². The van der Waals surface area contributed by atoms with E-state index in [2.05, 4.69) is 10.3 Å². The van der Waals surface area contributed by atoms with E-state index < -0.39 is 6.10 Å². The lowest BCUT2D eigenvalue weighted by Gasteiger charge is -2.20. The van der Waals surface area contributed by atoms with Crippen molar-refractivity contribution in [2.75, 3.05) is 39.5 Å². The third-order valence-electron chi connectivity index (χ3n) is 6.72. The summed E-state index contributed by atoms with van der Waals surface area (Å²) >= 11 is 0. The van der Waals surface area contributed by atoms with Gasteiger partial charge in [0.2, 0.25) is 0 Å². The average molecular weight is 532 g/mol. The number of carbonyl (C=O) groups excluding carboxylic acids is 1. The molecule has 0 aliphatic heterocycles. The largest absolute Gasteiger partial charge is 0.508 e. The van der Waals surface area contributed by atoms with Gasteiger partial charge in [0.05, 0.1) is 58.4 Å². The number of anilines is 1. The number of aromatic hydroxyl groups is 1. The molecule has 1 amide bonds. The summed E-state index contributed by atoms with van der Waals surface area (Å²) in [6.45, 7) is 5.28. The van der Waals surface area contributed by atoms with Crippen LogP contribution >= 0.6 is 0 Å². The van der Waals surface area contributed by atoms with E-state index in [1.54, 1.807) is 42.4 Å². The topological polar surface area (TPSA) is 120 Å². The number of aliphatic hydroxyl groups excluding tert-OH is 1. The van der Waals surface area contributed by atoms with Gasteiger partial charge in [-0.3, -0.25) is 4.79 Å². The molecule has 0 spiro atoms. The summed E-state index contributed by atoms with van der Waals surface area (Å²) in [6, 6.07) is 10.3. The predicted molar refractivity (Wildman–Crippen MR) is 153 cm³/mol. The van der Waals surface area contributed by atoms with Crippen LogP contribution in [0.5, 0.6) is 5.75 Å². The van der Waals surface area contributed by atoms with E-state index in [1.807, 2.05) is 56.6 Å². The summed E-state index contributed by atoms with van der Waals surface area (Å²) in [4.78, 5) is 31.2. The van der Waals surface area contributed by atoms with E-state index in [9.17, 15) is 15.0 Å². The minimum atomic E-state index is -0.511. The maximum Gasteiger partial charge on any atom is 0.254 e. The number of hydrogen-bond acceptors (Lipinski definition) is 8. The van der Waals surface area contributed by atoms with Crippen LogP contribution in [0.25, 0.3) is 22.3 Å². The fraction of sp³-hybridized carbons (Fsp3) is 0.379. The molecule has 0 saturated carbocycles. The van der Waals surface area contributed by atoms with Crippen molar-refractivity contribution in [2.45, 2.75) is 32.9 Å². The van der Waals surface area contributed by atoms with Crippen LogP contribution in [0.2, 0.25) is 0 Å². The Morgan fingerprint density at radius 1 is 1.10 bits per heavy atom. The first kappa shape index (κ1) is 28.0. The van der Waals surface area contributed by atoms with E-state index in [0.29, 0.717) is 47.5 Å².